The average molecular weight is 530 g/mol. The maximum atomic E-state index is 13.3. The van der Waals surface area contributed by atoms with Gasteiger partial charge in [0.1, 0.15) is 5.82 Å². The molecule has 0 saturated carbocycles. The maximum absolute atomic E-state index is 13.3. The molecule has 0 heterocycles. The molecule has 0 aromatic heterocycles. The Labute approximate surface area is 230 Å². The van der Waals surface area contributed by atoms with Crippen molar-refractivity contribution in [3.8, 4) is 0 Å². The number of benzene rings is 3. The third-order valence-corrected chi connectivity index (χ3v) is 7.34. The first-order chi connectivity index (χ1) is 18.4. The molecule has 0 aliphatic carbocycles. The monoisotopic (exact) mass is 529 g/mol. The average Bonchev–Trinajstić information content (AvgIpc) is 2.93. The Morgan fingerprint density at radius 2 is 1.53 bits per heavy atom. The van der Waals surface area contributed by atoms with Gasteiger partial charge in [-0.3, -0.25) is 0 Å². The van der Waals surface area contributed by atoms with Crippen LogP contribution in [0.4, 0.5) is 9.18 Å². The number of allylic oxidation sites excluding steroid dienone is 2. The molecule has 6 heteroatoms. The Bertz CT molecular complexity index is 1190. The van der Waals surface area contributed by atoms with Gasteiger partial charge in [-0.25, -0.2) is 9.18 Å². The molecule has 0 spiro atoms. The number of urea groups is 1. The van der Waals surface area contributed by atoms with E-state index in [2.05, 4.69) is 72.3 Å². The summed E-state index contributed by atoms with van der Waals surface area (Å²) >= 11 is 1.40. The van der Waals surface area contributed by atoms with Gasteiger partial charge >= 0.3 is 6.03 Å². The molecule has 2 N–H and O–H groups in total. The van der Waals surface area contributed by atoms with Gasteiger partial charge in [0.25, 0.3) is 0 Å². The summed E-state index contributed by atoms with van der Waals surface area (Å²) in [6.07, 6.45) is 2.41. The van der Waals surface area contributed by atoms with Crippen LogP contribution >= 0.6 is 11.8 Å². The number of hydrogen-bond acceptors (Lipinski definition) is 3. The largest absolute Gasteiger partial charge is 0.390 e. The minimum Gasteiger partial charge on any atom is -0.390 e. The van der Waals surface area contributed by atoms with Crippen molar-refractivity contribution in [2.24, 2.45) is 0 Å². The lowest BCUT2D eigenvalue weighted by molar-refractivity contribution is 0.200. The van der Waals surface area contributed by atoms with E-state index in [1.807, 2.05) is 30.9 Å². The van der Waals surface area contributed by atoms with Crippen molar-refractivity contribution in [1.82, 2.24) is 15.5 Å². The molecule has 2 amide bonds. The molecule has 0 saturated heterocycles. The van der Waals surface area contributed by atoms with Crippen molar-refractivity contribution >= 4 is 23.4 Å². The quantitative estimate of drug-likeness (QED) is 0.223. The molecule has 0 radical (unpaired) electrons. The van der Waals surface area contributed by atoms with Gasteiger partial charge in [0.2, 0.25) is 0 Å². The third kappa shape index (κ3) is 8.67. The minimum atomic E-state index is -0.267. The molecule has 0 bridgehead atoms. The number of carbonyl (C=O) groups excluding carboxylic acids is 1. The molecule has 198 valence electrons. The van der Waals surface area contributed by atoms with Crippen molar-refractivity contribution in [2.45, 2.75) is 26.2 Å². The lowest BCUT2D eigenvalue weighted by Gasteiger charge is -2.27. The number of hydrogen-bond donors (Lipinski definition) is 2. The summed E-state index contributed by atoms with van der Waals surface area (Å²) in [7, 11) is 0. The molecule has 38 heavy (non-hydrogen) atoms. The summed E-state index contributed by atoms with van der Waals surface area (Å²) in [5.74, 6) is -0.0995. The predicted octanol–water partition coefficient (Wildman–Crippen LogP) is 7.75. The van der Waals surface area contributed by atoms with Crippen LogP contribution < -0.4 is 10.6 Å². The van der Waals surface area contributed by atoms with Gasteiger partial charge in [0.05, 0.1) is 5.03 Å². The summed E-state index contributed by atoms with van der Waals surface area (Å²) in [5.41, 5.74) is 4.38. The van der Waals surface area contributed by atoms with Crippen molar-refractivity contribution in [1.29, 1.82) is 0 Å². The highest BCUT2D eigenvalue weighted by atomic mass is 32.2. The maximum Gasteiger partial charge on any atom is 0.322 e. The summed E-state index contributed by atoms with van der Waals surface area (Å²) < 4.78 is 13.3. The number of thioether (sulfide) groups is 1. The number of rotatable bonds is 13. The van der Waals surface area contributed by atoms with E-state index in [1.165, 1.54) is 35.0 Å². The van der Waals surface area contributed by atoms with Gasteiger partial charge in [-0.05, 0) is 65.8 Å². The molecule has 3 aromatic rings. The Balaban J connectivity index is 1.69. The molecule has 3 aromatic carbocycles. The van der Waals surface area contributed by atoms with E-state index in [-0.39, 0.29) is 17.8 Å². The smallest absolute Gasteiger partial charge is 0.322 e. The molecule has 3 rings (SSSR count). The molecule has 0 fully saturated rings. The van der Waals surface area contributed by atoms with Gasteiger partial charge in [0.15, 0.2) is 0 Å². The van der Waals surface area contributed by atoms with Crippen molar-refractivity contribution in [2.75, 3.05) is 19.6 Å². The summed E-state index contributed by atoms with van der Waals surface area (Å²) in [4.78, 5) is 16.1. The zero-order chi connectivity index (χ0) is 27.3. The zero-order valence-electron chi connectivity index (χ0n) is 22.1. The second-order valence-electron chi connectivity index (χ2n) is 8.95. The number of amides is 2. The predicted molar refractivity (Wildman–Crippen MR) is 159 cm³/mol. The van der Waals surface area contributed by atoms with Gasteiger partial charge in [-0.2, -0.15) is 0 Å². The lowest BCUT2D eigenvalue weighted by Crippen LogP contribution is -2.42. The number of nitrogens with zero attached hydrogens (tertiary/aromatic N) is 1. The van der Waals surface area contributed by atoms with Crippen LogP contribution in [0.1, 0.15) is 42.9 Å². The highest BCUT2D eigenvalue weighted by molar-refractivity contribution is 8.06. The highest BCUT2D eigenvalue weighted by Crippen LogP contribution is 2.31. The fourth-order valence-electron chi connectivity index (χ4n) is 4.19. The van der Waals surface area contributed by atoms with E-state index in [0.717, 1.165) is 22.5 Å². The van der Waals surface area contributed by atoms with Crippen molar-refractivity contribution < 1.29 is 9.18 Å². The van der Waals surface area contributed by atoms with Crippen molar-refractivity contribution in [3.05, 3.63) is 137 Å². The normalized spacial score (nSPS) is 11.5. The summed E-state index contributed by atoms with van der Waals surface area (Å²) in [5, 5.41) is 6.59. The third-order valence-electron chi connectivity index (χ3n) is 6.38. The lowest BCUT2D eigenvalue weighted by atomic mass is 9.88. The van der Waals surface area contributed by atoms with E-state index in [4.69, 9.17) is 0 Å². The van der Waals surface area contributed by atoms with E-state index in [1.54, 1.807) is 18.3 Å². The first kappa shape index (κ1) is 28.8. The van der Waals surface area contributed by atoms with Gasteiger partial charge in [0, 0.05) is 25.6 Å². The highest BCUT2D eigenvalue weighted by Gasteiger charge is 2.19. The van der Waals surface area contributed by atoms with Crippen LogP contribution in [0.15, 0.2) is 114 Å². The molecule has 0 aliphatic rings. The molecule has 0 atom stereocenters. The molecular weight excluding hydrogens is 493 g/mol. The van der Waals surface area contributed by atoms with E-state index in [9.17, 15) is 9.18 Å². The van der Waals surface area contributed by atoms with Crippen LogP contribution in [-0.4, -0.2) is 30.6 Å². The van der Waals surface area contributed by atoms with E-state index < -0.39 is 0 Å². The first-order valence-corrected chi connectivity index (χ1v) is 13.5. The summed E-state index contributed by atoms with van der Waals surface area (Å²) in [6.45, 7) is 13.4. The second kappa shape index (κ2) is 14.8. The molecule has 4 nitrogen and oxygen atoms in total. The number of halogens is 1. The topological polar surface area (TPSA) is 44.4 Å². The minimum absolute atomic E-state index is 0.168. The van der Waals surface area contributed by atoms with Crippen LogP contribution in [0, 0.1) is 5.82 Å². The van der Waals surface area contributed by atoms with Crippen LogP contribution in [0.3, 0.4) is 0 Å². The first-order valence-electron chi connectivity index (χ1n) is 12.7. The number of carbonyl (C=O) groups is 1. The number of nitrogens with one attached hydrogen (secondary N) is 2. The van der Waals surface area contributed by atoms with E-state index >= 15 is 0 Å². The Kier molecular flexibility index (Phi) is 11.2. The fourth-order valence-corrected chi connectivity index (χ4v) is 4.97. The zero-order valence-corrected chi connectivity index (χ0v) is 22.9. The van der Waals surface area contributed by atoms with E-state index in [0.29, 0.717) is 24.7 Å². The van der Waals surface area contributed by atoms with Crippen LogP contribution in [0.25, 0.3) is 5.57 Å². The Morgan fingerprint density at radius 1 is 0.947 bits per heavy atom. The fraction of sp³-hybridized carbons (Fsp3) is 0.219. The van der Waals surface area contributed by atoms with Gasteiger partial charge < -0.3 is 15.5 Å². The second-order valence-corrected chi connectivity index (χ2v) is 10.3. The Morgan fingerprint density at radius 3 is 2.08 bits per heavy atom. The van der Waals surface area contributed by atoms with Gasteiger partial charge in [-0.1, -0.05) is 97.7 Å². The molecular formula is C32H36FN3OS. The Hall–Kier alpha value is -3.77. The van der Waals surface area contributed by atoms with Crippen LogP contribution in [0.5, 0.6) is 0 Å². The van der Waals surface area contributed by atoms with Crippen LogP contribution in [-0.2, 0) is 0 Å². The van der Waals surface area contributed by atoms with Crippen LogP contribution in [0.2, 0.25) is 0 Å². The van der Waals surface area contributed by atoms with Gasteiger partial charge in [-0.15, -0.1) is 0 Å². The molecule has 0 unspecified atom stereocenters. The van der Waals surface area contributed by atoms with Crippen molar-refractivity contribution in [3.63, 3.8) is 0 Å². The SMILES string of the molecule is C=CNCCN(CCC(c1ccccc1)c1ccccc1)C(=O)NC(=C)S/C(C)=C(\C)c1ccc(F)cc1. The molecule has 0 aliphatic heterocycles. The summed E-state index contributed by atoms with van der Waals surface area (Å²) in [6, 6.07) is 27.0. The standard InChI is InChI=1S/C32H36FN3OS/c1-5-34-21-23-36(22-20-31(28-12-8-6-9-13-28)29-14-10-7-11-15-29)32(37)35-26(4)38-25(3)24(2)27-16-18-30(33)19-17-27/h5-19,31,34H,1,4,20-23H2,2-3H3,(H,35,37)/b25-24+.